The van der Waals surface area contributed by atoms with Crippen molar-refractivity contribution in [1.29, 1.82) is 0 Å². The smallest absolute Gasteiger partial charge is 0.341 e. The molecule has 2 aromatic carbocycles. The Balaban J connectivity index is 1.45. The molecule has 0 aliphatic carbocycles. The van der Waals surface area contributed by atoms with Gasteiger partial charge < -0.3 is 24.1 Å². The molecule has 0 aliphatic rings. The summed E-state index contributed by atoms with van der Waals surface area (Å²) in [5, 5.41) is 14.4. The summed E-state index contributed by atoms with van der Waals surface area (Å²) in [6.07, 6.45) is -0.331. The van der Waals surface area contributed by atoms with Crippen LogP contribution >= 0.6 is 23.1 Å². The first kappa shape index (κ1) is 29.2. The van der Waals surface area contributed by atoms with Crippen LogP contribution in [0.2, 0.25) is 0 Å². The lowest BCUT2D eigenvalue weighted by Crippen LogP contribution is -2.17. The molecular weight excluding hydrogens is 548 g/mol. The van der Waals surface area contributed by atoms with Crippen molar-refractivity contribution in [1.82, 2.24) is 14.8 Å². The molecule has 1 atom stereocenters. The Kier molecular flexibility index (Phi) is 9.49. The van der Waals surface area contributed by atoms with Crippen molar-refractivity contribution in [3.63, 3.8) is 0 Å². The Bertz CT molecular complexity index is 1500. The van der Waals surface area contributed by atoms with Crippen LogP contribution in [0.1, 0.15) is 47.3 Å². The predicted molar refractivity (Wildman–Crippen MR) is 158 cm³/mol. The van der Waals surface area contributed by atoms with E-state index in [4.69, 9.17) is 14.2 Å². The van der Waals surface area contributed by atoms with Crippen molar-refractivity contribution >= 4 is 40.0 Å². The van der Waals surface area contributed by atoms with Crippen molar-refractivity contribution < 1.29 is 23.8 Å². The SMILES string of the molecule is CCn1c(SCC(=O)Nc2scc(-c3ccc(OC)cc3)c2C(=O)OC)nnc1C(C)Oc1ccc(C)c(C)c1. The van der Waals surface area contributed by atoms with Crippen LogP contribution in [0.3, 0.4) is 0 Å². The van der Waals surface area contributed by atoms with E-state index >= 15 is 0 Å². The van der Waals surface area contributed by atoms with E-state index in [-0.39, 0.29) is 17.8 Å². The van der Waals surface area contributed by atoms with Crippen molar-refractivity contribution in [2.75, 3.05) is 25.3 Å². The fourth-order valence-corrected chi connectivity index (χ4v) is 5.86. The van der Waals surface area contributed by atoms with Gasteiger partial charge in [-0.25, -0.2) is 4.79 Å². The van der Waals surface area contributed by atoms with Crippen LogP contribution < -0.4 is 14.8 Å². The third kappa shape index (κ3) is 6.48. The Morgan fingerprint density at radius 3 is 2.42 bits per heavy atom. The maximum atomic E-state index is 12.9. The number of hydrogen-bond acceptors (Lipinski definition) is 9. The summed E-state index contributed by atoms with van der Waals surface area (Å²) < 4.78 is 18.3. The van der Waals surface area contributed by atoms with Gasteiger partial charge in [0.1, 0.15) is 22.1 Å². The zero-order valence-corrected chi connectivity index (χ0v) is 24.9. The number of anilines is 1. The molecule has 4 rings (SSSR count). The van der Waals surface area contributed by atoms with Gasteiger partial charge in [0, 0.05) is 17.5 Å². The first-order valence-electron chi connectivity index (χ1n) is 12.7. The molecule has 1 amide bonds. The minimum atomic E-state index is -0.525. The maximum absolute atomic E-state index is 12.9. The molecule has 1 N–H and O–H groups in total. The van der Waals surface area contributed by atoms with Gasteiger partial charge in [0.05, 0.1) is 20.0 Å². The zero-order chi connectivity index (χ0) is 28.8. The molecule has 210 valence electrons. The average Bonchev–Trinajstić information content (AvgIpc) is 3.57. The highest BCUT2D eigenvalue weighted by Gasteiger charge is 2.24. The number of rotatable bonds is 11. The summed E-state index contributed by atoms with van der Waals surface area (Å²) in [5.41, 5.74) is 4.16. The number of hydrogen-bond donors (Lipinski definition) is 1. The van der Waals surface area contributed by atoms with Crippen molar-refractivity contribution in [3.05, 3.63) is 70.4 Å². The molecule has 9 nitrogen and oxygen atoms in total. The minimum absolute atomic E-state index is 0.0842. The topological polar surface area (TPSA) is 105 Å². The lowest BCUT2D eigenvalue weighted by molar-refractivity contribution is -0.113. The standard InChI is InChI=1S/C29H32N4O5S2/c1-7-33-26(19(4)38-22-11-8-17(2)18(3)14-22)31-32-29(33)40-16-24(34)30-27-25(28(35)37-6)23(15-39-27)20-9-12-21(36-5)13-10-20/h8-15,19H,7,16H2,1-6H3,(H,30,34). The van der Waals surface area contributed by atoms with Crippen LogP contribution in [0.4, 0.5) is 5.00 Å². The van der Waals surface area contributed by atoms with Gasteiger partial charge in [-0.1, -0.05) is 30.0 Å². The molecule has 0 aliphatic heterocycles. The van der Waals surface area contributed by atoms with Crippen molar-refractivity contribution in [2.45, 2.75) is 45.5 Å². The van der Waals surface area contributed by atoms with Crippen LogP contribution in [-0.2, 0) is 16.1 Å². The number of aromatic nitrogens is 3. The van der Waals surface area contributed by atoms with Crippen LogP contribution in [0.25, 0.3) is 11.1 Å². The summed E-state index contributed by atoms with van der Waals surface area (Å²) in [7, 11) is 2.91. The summed E-state index contributed by atoms with van der Waals surface area (Å²) in [5.74, 6) is 1.44. The molecule has 0 saturated heterocycles. The summed E-state index contributed by atoms with van der Waals surface area (Å²) in [4.78, 5) is 25.6. The molecule has 2 heterocycles. The Hall–Kier alpha value is -3.83. The first-order valence-corrected chi connectivity index (χ1v) is 14.6. The Labute approximate surface area is 241 Å². The van der Waals surface area contributed by atoms with Gasteiger partial charge in [0.25, 0.3) is 0 Å². The number of benzene rings is 2. The van der Waals surface area contributed by atoms with E-state index in [1.54, 1.807) is 7.11 Å². The second kappa shape index (κ2) is 13.0. The number of nitrogens with zero attached hydrogens (tertiary/aromatic N) is 3. The fraction of sp³-hybridized carbons (Fsp3) is 0.310. The molecule has 1 unspecified atom stereocenters. The molecule has 11 heteroatoms. The normalized spacial score (nSPS) is 11.7. The summed E-state index contributed by atoms with van der Waals surface area (Å²) in [6.45, 7) is 8.65. The lowest BCUT2D eigenvalue weighted by atomic mass is 10.0. The molecule has 0 fully saturated rings. The monoisotopic (exact) mass is 580 g/mol. The molecule has 0 saturated carbocycles. The van der Waals surface area contributed by atoms with Crippen LogP contribution in [0.5, 0.6) is 11.5 Å². The molecule has 0 bridgehead atoms. The van der Waals surface area contributed by atoms with Crippen LogP contribution in [0.15, 0.2) is 53.0 Å². The molecule has 4 aromatic rings. The summed E-state index contributed by atoms with van der Waals surface area (Å²) >= 11 is 2.54. The Morgan fingerprint density at radius 1 is 1.05 bits per heavy atom. The van der Waals surface area contributed by atoms with E-state index in [0.717, 1.165) is 16.9 Å². The molecular formula is C29H32N4O5S2. The number of carbonyl (C=O) groups excluding carboxylic acids is 2. The highest BCUT2D eigenvalue weighted by molar-refractivity contribution is 7.99. The quantitative estimate of drug-likeness (QED) is 0.163. The van der Waals surface area contributed by atoms with Gasteiger partial charge in [-0.3, -0.25) is 4.79 Å². The maximum Gasteiger partial charge on any atom is 0.341 e. The number of esters is 1. The van der Waals surface area contributed by atoms with E-state index in [9.17, 15) is 9.59 Å². The van der Waals surface area contributed by atoms with E-state index in [2.05, 4.69) is 22.4 Å². The number of nitrogens with one attached hydrogen (secondary N) is 1. The first-order chi connectivity index (χ1) is 19.2. The molecule has 0 spiro atoms. The second-order valence-electron chi connectivity index (χ2n) is 9.00. The van der Waals surface area contributed by atoms with Gasteiger partial charge >= 0.3 is 5.97 Å². The van der Waals surface area contributed by atoms with E-state index in [0.29, 0.717) is 39.4 Å². The van der Waals surface area contributed by atoms with E-state index in [1.807, 2.05) is 73.2 Å². The molecule has 0 radical (unpaired) electrons. The predicted octanol–water partition coefficient (Wildman–Crippen LogP) is 6.31. The minimum Gasteiger partial charge on any atom is -0.497 e. The van der Waals surface area contributed by atoms with Crippen LogP contribution in [0, 0.1) is 13.8 Å². The number of aryl methyl sites for hydroxylation is 2. The third-order valence-corrected chi connectivity index (χ3v) is 8.25. The van der Waals surface area contributed by atoms with Crippen molar-refractivity contribution in [3.8, 4) is 22.6 Å². The van der Waals surface area contributed by atoms with Gasteiger partial charge in [-0.15, -0.1) is 21.5 Å². The lowest BCUT2D eigenvalue weighted by Gasteiger charge is -2.16. The molecule has 2 aromatic heterocycles. The van der Waals surface area contributed by atoms with Crippen LogP contribution in [-0.4, -0.2) is 46.6 Å². The van der Waals surface area contributed by atoms with E-state index < -0.39 is 5.97 Å². The van der Waals surface area contributed by atoms with Gasteiger partial charge in [0.2, 0.25) is 5.91 Å². The third-order valence-electron chi connectivity index (χ3n) is 6.38. The largest absolute Gasteiger partial charge is 0.497 e. The highest BCUT2D eigenvalue weighted by Crippen LogP contribution is 2.37. The summed E-state index contributed by atoms with van der Waals surface area (Å²) in [6, 6.07) is 13.3. The van der Waals surface area contributed by atoms with Gasteiger partial charge in [-0.05, 0) is 68.7 Å². The van der Waals surface area contributed by atoms with Gasteiger partial charge in [-0.2, -0.15) is 0 Å². The zero-order valence-electron chi connectivity index (χ0n) is 23.3. The van der Waals surface area contributed by atoms with E-state index in [1.165, 1.54) is 35.8 Å². The average molecular weight is 581 g/mol. The number of carbonyl (C=O) groups is 2. The number of ether oxygens (including phenoxy) is 3. The number of thiophene rings is 1. The second-order valence-corrected chi connectivity index (χ2v) is 10.8. The number of amides is 1. The van der Waals surface area contributed by atoms with Gasteiger partial charge in [0.15, 0.2) is 17.1 Å². The van der Waals surface area contributed by atoms with Crippen molar-refractivity contribution in [2.24, 2.45) is 0 Å². The Morgan fingerprint density at radius 2 is 1.77 bits per heavy atom. The fourth-order valence-electron chi connectivity index (χ4n) is 4.08. The highest BCUT2D eigenvalue weighted by atomic mass is 32.2. The number of thioether (sulfide) groups is 1. The number of methoxy groups -OCH3 is 2. The molecule has 40 heavy (non-hydrogen) atoms.